The number of rotatable bonds is 3. The van der Waals surface area contributed by atoms with Crippen LogP contribution in [0.5, 0.6) is 0 Å². The summed E-state index contributed by atoms with van der Waals surface area (Å²) in [5, 5.41) is 7.39. The zero-order valence-corrected chi connectivity index (χ0v) is 43.1. The Hall–Kier alpha value is -8.02. The molecule has 11 aromatic rings. The first-order valence-electron chi connectivity index (χ1n) is 26.5. The minimum absolute atomic E-state index is 0.00135. The lowest BCUT2D eigenvalue weighted by molar-refractivity contribution is 0.332. The zero-order chi connectivity index (χ0) is 50.0. The minimum atomic E-state index is -0.579. The Labute approximate surface area is 433 Å². The fourth-order valence-corrected chi connectivity index (χ4v) is 13.7. The molecular weight excluding hydrogens is 900 g/mol. The van der Waals surface area contributed by atoms with Crippen LogP contribution in [-0.2, 0) is 21.7 Å². The molecule has 0 saturated heterocycles. The van der Waals surface area contributed by atoms with Crippen molar-refractivity contribution in [3.8, 4) is 33.4 Å². The minimum Gasteiger partial charge on any atom is -0.469 e. The number of furan rings is 2. The van der Waals surface area contributed by atoms with Gasteiger partial charge < -0.3 is 19.1 Å². The third-order valence-corrected chi connectivity index (χ3v) is 17.6. The highest BCUT2D eigenvalue weighted by atomic mass is 16.3. The van der Waals surface area contributed by atoms with Gasteiger partial charge in [-0.1, -0.05) is 188 Å². The van der Waals surface area contributed by atoms with Crippen molar-refractivity contribution in [2.45, 2.75) is 83.0 Å². The van der Waals surface area contributed by atoms with Crippen LogP contribution in [0.1, 0.15) is 100 Å². The number of hydrogen-bond donors (Lipinski definition) is 1. The van der Waals surface area contributed by atoms with Gasteiger partial charge in [-0.15, -0.1) is 0 Å². The summed E-state index contributed by atoms with van der Waals surface area (Å²) in [5.74, 6) is 0. The normalized spacial score (nSPS) is 16.2. The van der Waals surface area contributed by atoms with Crippen molar-refractivity contribution in [2.24, 2.45) is 0 Å². The lowest BCUT2D eigenvalue weighted by atomic mass is 9.60. The van der Waals surface area contributed by atoms with Gasteiger partial charge in [-0.25, -0.2) is 0 Å². The molecule has 1 radical (unpaired) electrons. The molecule has 0 fully saturated rings. The molecule has 0 unspecified atom stereocenters. The van der Waals surface area contributed by atoms with Gasteiger partial charge in [0.05, 0.1) is 28.1 Å². The molecule has 0 bridgehead atoms. The lowest BCUT2D eigenvalue weighted by Crippen LogP contribution is -2.40. The molecule has 1 N–H and O–H groups in total. The number of benzene rings is 9. The Balaban J connectivity index is 1.08. The monoisotopic (exact) mass is 955 g/mol. The van der Waals surface area contributed by atoms with Crippen LogP contribution in [0.15, 0.2) is 191 Å². The van der Waals surface area contributed by atoms with E-state index < -0.39 is 5.41 Å². The summed E-state index contributed by atoms with van der Waals surface area (Å²) < 4.78 is 14.6. The number of hydrogen-bond acceptors (Lipinski definition) is 4. The van der Waals surface area contributed by atoms with Crippen LogP contribution in [0.4, 0.5) is 28.4 Å². The molecule has 2 aliphatic heterocycles. The Morgan fingerprint density at radius 1 is 0.500 bits per heavy atom. The first kappa shape index (κ1) is 43.6. The van der Waals surface area contributed by atoms with Gasteiger partial charge in [0, 0.05) is 44.2 Å². The maximum Gasteiger partial charge on any atom is 0.247 e. The Morgan fingerprint density at radius 3 is 1.88 bits per heavy atom. The summed E-state index contributed by atoms with van der Waals surface area (Å²) >= 11 is 0. The lowest BCUT2D eigenvalue weighted by Gasteiger charge is -2.42. The van der Waals surface area contributed by atoms with Crippen molar-refractivity contribution in [3.05, 3.63) is 221 Å². The second-order valence-electron chi connectivity index (χ2n) is 23.7. The van der Waals surface area contributed by atoms with E-state index in [1.54, 1.807) is 0 Å². The van der Waals surface area contributed by atoms with Crippen LogP contribution in [-0.4, -0.2) is 7.28 Å². The first-order chi connectivity index (χ1) is 35.8. The first-order valence-corrected chi connectivity index (χ1v) is 26.5. The third kappa shape index (κ3) is 5.87. The van der Waals surface area contributed by atoms with Crippen LogP contribution in [0, 0.1) is 0 Å². The number of para-hydroxylation sites is 3. The van der Waals surface area contributed by atoms with E-state index in [0.717, 1.165) is 102 Å². The van der Waals surface area contributed by atoms with Crippen LogP contribution in [0.25, 0.3) is 66.3 Å². The van der Waals surface area contributed by atoms with Crippen molar-refractivity contribution in [2.75, 3.05) is 10.2 Å². The third-order valence-electron chi connectivity index (χ3n) is 17.6. The zero-order valence-electron chi connectivity index (χ0n) is 43.1. The van der Waals surface area contributed by atoms with Crippen molar-refractivity contribution < 1.29 is 8.83 Å². The summed E-state index contributed by atoms with van der Waals surface area (Å²) in [6.07, 6.45) is 2.24. The standard InChI is InChI=1S/C69H56BN2O2/c1-66(2,3)41-32-33-56(46(36-41)40-20-9-8-10-21-40)72-57-38-47-44-24-13-18-31-58(44)73-64(47)60(61(57)70-65-63(72)48-37-53-54(39-59(48)74-65)68(6,7)35-34-67(53,4)5)45-25-19-29-52-62(45)71-55-30-17-16-28-51(55)69(52)49-26-14-11-22-42(49)43-23-12-15-27-50(43)69/h8-33,36-39,71H,34-35H2,1-7H3. The molecular formula is C69H56BN2O2. The highest BCUT2D eigenvalue weighted by Gasteiger charge is 2.51. The number of fused-ring (bicyclic) bond motifs is 17. The second kappa shape index (κ2) is 15.0. The average molecular weight is 956 g/mol. The van der Waals surface area contributed by atoms with Gasteiger partial charge in [0.1, 0.15) is 16.7 Å². The van der Waals surface area contributed by atoms with E-state index in [2.05, 4.69) is 248 Å². The molecule has 9 aromatic carbocycles. The van der Waals surface area contributed by atoms with Crippen molar-refractivity contribution in [3.63, 3.8) is 0 Å². The Kier molecular flexibility index (Phi) is 8.85. The molecule has 4 heterocycles. The van der Waals surface area contributed by atoms with E-state index in [-0.39, 0.29) is 16.2 Å². The fraction of sp³-hybridized carbons (Fsp3) is 0.188. The van der Waals surface area contributed by atoms with Crippen LogP contribution in [0.3, 0.4) is 0 Å². The topological polar surface area (TPSA) is 41.6 Å². The molecule has 1 spiro atoms. The van der Waals surface area contributed by atoms with Crippen LogP contribution >= 0.6 is 0 Å². The second-order valence-corrected chi connectivity index (χ2v) is 23.7. The molecule has 74 heavy (non-hydrogen) atoms. The van der Waals surface area contributed by atoms with Crippen molar-refractivity contribution in [1.82, 2.24) is 0 Å². The van der Waals surface area contributed by atoms with Crippen LogP contribution in [0.2, 0.25) is 0 Å². The van der Waals surface area contributed by atoms with Crippen LogP contribution < -0.4 is 21.3 Å². The molecule has 4 nitrogen and oxygen atoms in total. The number of nitrogens with zero attached hydrogens (tertiary/aromatic N) is 1. The predicted molar refractivity (Wildman–Crippen MR) is 309 cm³/mol. The van der Waals surface area contributed by atoms with Gasteiger partial charge in [-0.3, -0.25) is 0 Å². The SMILES string of the molecule is CC(C)(C)c1ccc(N2c3cc4c(oc5ccccc54)c(-c4cccc5c4Nc4ccccc4C54c5ccccc5-c5ccccc54)c3[B]c3oc4cc5c(cc4c32)C(C)(C)CCC5(C)C)c(-c2ccccc2)c1. The van der Waals surface area contributed by atoms with E-state index >= 15 is 0 Å². The maximum absolute atomic E-state index is 7.38. The summed E-state index contributed by atoms with van der Waals surface area (Å²) in [5.41, 5.74) is 25.3. The van der Waals surface area contributed by atoms with Gasteiger partial charge in [0.25, 0.3) is 0 Å². The number of nitrogens with one attached hydrogen (secondary N) is 1. The van der Waals surface area contributed by atoms with E-state index in [9.17, 15) is 0 Å². The molecule has 2 aliphatic carbocycles. The average Bonchev–Trinajstić information content (AvgIpc) is 4.09. The molecule has 0 amide bonds. The quantitative estimate of drug-likeness (QED) is 0.179. The van der Waals surface area contributed by atoms with E-state index in [1.807, 2.05) is 0 Å². The summed E-state index contributed by atoms with van der Waals surface area (Å²) in [6, 6.07) is 67.8. The van der Waals surface area contributed by atoms with Crippen molar-refractivity contribution >= 4 is 79.7 Å². The van der Waals surface area contributed by atoms with Gasteiger partial charge in [-0.05, 0) is 133 Å². The van der Waals surface area contributed by atoms with E-state index in [0.29, 0.717) is 0 Å². The smallest absolute Gasteiger partial charge is 0.247 e. The molecule has 2 aromatic heterocycles. The molecule has 0 atom stereocenters. The molecule has 357 valence electrons. The largest absolute Gasteiger partial charge is 0.469 e. The van der Waals surface area contributed by atoms with Gasteiger partial charge in [-0.2, -0.15) is 0 Å². The summed E-state index contributed by atoms with van der Waals surface area (Å²) in [7, 11) is 2.33. The fourth-order valence-electron chi connectivity index (χ4n) is 13.7. The molecule has 0 saturated carbocycles. The highest BCUT2D eigenvalue weighted by molar-refractivity contribution is 6.73. The van der Waals surface area contributed by atoms with Gasteiger partial charge >= 0.3 is 0 Å². The van der Waals surface area contributed by atoms with E-state index in [1.165, 1.54) is 55.6 Å². The molecule has 4 aliphatic rings. The highest BCUT2D eigenvalue weighted by Crippen LogP contribution is 2.63. The summed E-state index contributed by atoms with van der Waals surface area (Å²) in [6.45, 7) is 16.6. The van der Waals surface area contributed by atoms with Gasteiger partial charge in [0.2, 0.25) is 7.28 Å². The molecule has 5 heteroatoms. The Bertz CT molecular complexity index is 4160. The van der Waals surface area contributed by atoms with Crippen molar-refractivity contribution in [1.29, 1.82) is 0 Å². The van der Waals surface area contributed by atoms with Gasteiger partial charge in [0.15, 0.2) is 0 Å². The number of anilines is 5. The maximum atomic E-state index is 7.38. The summed E-state index contributed by atoms with van der Waals surface area (Å²) in [4.78, 5) is 2.55. The Morgan fingerprint density at radius 2 is 1.14 bits per heavy atom. The predicted octanol–water partition coefficient (Wildman–Crippen LogP) is 17.2. The van der Waals surface area contributed by atoms with E-state index in [4.69, 9.17) is 8.83 Å². The molecule has 15 rings (SSSR count).